The van der Waals surface area contributed by atoms with Crippen molar-refractivity contribution >= 4 is 5.96 Å². The Labute approximate surface area is 151 Å². The van der Waals surface area contributed by atoms with Gasteiger partial charge in [-0.25, -0.2) is 0 Å². The number of guanidine groups is 1. The predicted octanol–water partition coefficient (Wildman–Crippen LogP) is 1.73. The van der Waals surface area contributed by atoms with Gasteiger partial charge in [0.1, 0.15) is 12.4 Å². The van der Waals surface area contributed by atoms with Crippen LogP contribution in [0.15, 0.2) is 35.3 Å². The molecule has 1 aromatic rings. The molecule has 0 atom stereocenters. The number of hydrogen-bond donors (Lipinski definition) is 2. The standard InChI is InChI=1S/C19H32N4O2/c1-2-20-19(22-11-15-25-18-8-4-3-5-9-18)21-10-6-7-12-23-13-16-24-17-14-23/h3-5,8-9H,2,6-7,10-17H2,1H3,(H2,20,21,22). The van der Waals surface area contributed by atoms with Gasteiger partial charge in [0.25, 0.3) is 0 Å². The van der Waals surface area contributed by atoms with E-state index in [-0.39, 0.29) is 0 Å². The zero-order valence-electron chi connectivity index (χ0n) is 15.4. The van der Waals surface area contributed by atoms with Crippen LogP contribution >= 0.6 is 0 Å². The highest BCUT2D eigenvalue weighted by molar-refractivity contribution is 5.79. The largest absolute Gasteiger partial charge is 0.492 e. The van der Waals surface area contributed by atoms with Crippen LogP contribution in [0.5, 0.6) is 5.75 Å². The number of nitrogens with zero attached hydrogens (tertiary/aromatic N) is 2. The van der Waals surface area contributed by atoms with E-state index in [4.69, 9.17) is 9.47 Å². The summed E-state index contributed by atoms with van der Waals surface area (Å²) in [5.74, 6) is 1.76. The molecule has 0 bridgehead atoms. The first kappa shape index (κ1) is 19.5. The summed E-state index contributed by atoms with van der Waals surface area (Å²) in [5, 5.41) is 6.60. The summed E-state index contributed by atoms with van der Waals surface area (Å²) in [7, 11) is 0. The molecule has 1 aromatic carbocycles. The van der Waals surface area contributed by atoms with Crippen molar-refractivity contribution in [2.24, 2.45) is 4.99 Å². The fourth-order valence-corrected chi connectivity index (χ4v) is 2.66. The van der Waals surface area contributed by atoms with Crippen LogP contribution in [0.2, 0.25) is 0 Å². The first-order valence-corrected chi connectivity index (χ1v) is 9.38. The lowest BCUT2D eigenvalue weighted by atomic mass is 10.3. The van der Waals surface area contributed by atoms with E-state index in [1.807, 2.05) is 30.3 Å². The minimum Gasteiger partial charge on any atom is -0.492 e. The second kappa shape index (κ2) is 12.6. The number of rotatable bonds is 10. The highest BCUT2D eigenvalue weighted by Gasteiger charge is 2.08. The Balaban J connectivity index is 1.57. The van der Waals surface area contributed by atoms with Crippen LogP contribution in [0.25, 0.3) is 0 Å². The SMILES string of the molecule is CCNC(=NCCCCN1CCOCC1)NCCOc1ccccc1. The smallest absolute Gasteiger partial charge is 0.191 e. The highest BCUT2D eigenvalue weighted by Crippen LogP contribution is 2.07. The van der Waals surface area contributed by atoms with E-state index in [0.717, 1.165) is 70.6 Å². The van der Waals surface area contributed by atoms with Gasteiger partial charge in [-0.3, -0.25) is 9.89 Å². The van der Waals surface area contributed by atoms with Crippen molar-refractivity contribution < 1.29 is 9.47 Å². The molecule has 0 amide bonds. The Bertz CT molecular complexity index is 476. The van der Waals surface area contributed by atoms with Crippen molar-refractivity contribution in [3.8, 4) is 5.75 Å². The molecule has 140 valence electrons. The lowest BCUT2D eigenvalue weighted by Gasteiger charge is -2.26. The molecule has 1 aliphatic heterocycles. The minimum absolute atomic E-state index is 0.617. The second-order valence-corrected chi connectivity index (χ2v) is 6.01. The van der Waals surface area contributed by atoms with E-state index in [1.165, 1.54) is 6.42 Å². The fourth-order valence-electron chi connectivity index (χ4n) is 2.66. The molecule has 2 rings (SSSR count). The topological polar surface area (TPSA) is 58.1 Å². The van der Waals surface area contributed by atoms with Crippen molar-refractivity contribution in [3.63, 3.8) is 0 Å². The van der Waals surface area contributed by atoms with Crippen LogP contribution in [0, 0.1) is 0 Å². The maximum atomic E-state index is 5.68. The van der Waals surface area contributed by atoms with E-state index in [2.05, 4.69) is 27.4 Å². The Morgan fingerprint density at radius 2 is 1.96 bits per heavy atom. The molecule has 0 spiro atoms. The first-order chi connectivity index (χ1) is 12.4. The molecule has 0 aliphatic carbocycles. The van der Waals surface area contributed by atoms with Gasteiger partial charge in [-0.05, 0) is 38.4 Å². The minimum atomic E-state index is 0.617. The van der Waals surface area contributed by atoms with Crippen LogP contribution < -0.4 is 15.4 Å². The number of hydrogen-bond acceptors (Lipinski definition) is 4. The lowest BCUT2D eigenvalue weighted by molar-refractivity contribution is 0.0373. The summed E-state index contributed by atoms with van der Waals surface area (Å²) in [5.41, 5.74) is 0. The van der Waals surface area contributed by atoms with E-state index >= 15 is 0 Å². The van der Waals surface area contributed by atoms with Crippen LogP contribution in [-0.2, 0) is 4.74 Å². The fraction of sp³-hybridized carbons (Fsp3) is 0.632. The van der Waals surface area contributed by atoms with Gasteiger partial charge in [0, 0.05) is 26.2 Å². The van der Waals surface area contributed by atoms with Gasteiger partial charge in [-0.15, -0.1) is 0 Å². The Hall–Kier alpha value is -1.79. The van der Waals surface area contributed by atoms with Gasteiger partial charge in [-0.2, -0.15) is 0 Å². The zero-order chi connectivity index (χ0) is 17.6. The summed E-state index contributed by atoms with van der Waals surface area (Å²) < 4.78 is 11.1. The molecule has 6 heteroatoms. The molecule has 1 heterocycles. The molecule has 1 fully saturated rings. The normalized spacial score (nSPS) is 15.8. The Morgan fingerprint density at radius 1 is 1.16 bits per heavy atom. The zero-order valence-corrected chi connectivity index (χ0v) is 15.4. The van der Waals surface area contributed by atoms with Gasteiger partial charge >= 0.3 is 0 Å². The molecule has 25 heavy (non-hydrogen) atoms. The van der Waals surface area contributed by atoms with Crippen LogP contribution in [-0.4, -0.2) is 69.9 Å². The summed E-state index contributed by atoms with van der Waals surface area (Å²) in [6, 6.07) is 9.87. The third-order valence-corrected chi connectivity index (χ3v) is 4.01. The molecule has 6 nitrogen and oxygen atoms in total. The summed E-state index contributed by atoms with van der Waals surface area (Å²) in [4.78, 5) is 7.11. The number of nitrogens with one attached hydrogen (secondary N) is 2. The van der Waals surface area contributed by atoms with Crippen molar-refractivity contribution in [1.82, 2.24) is 15.5 Å². The molecule has 1 aliphatic rings. The molecule has 2 N–H and O–H groups in total. The third-order valence-electron chi connectivity index (χ3n) is 4.01. The van der Waals surface area contributed by atoms with Gasteiger partial charge in [0.15, 0.2) is 5.96 Å². The van der Waals surface area contributed by atoms with Crippen molar-refractivity contribution in [2.75, 3.05) is 59.1 Å². The summed E-state index contributed by atoms with van der Waals surface area (Å²) in [6.07, 6.45) is 2.29. The Morgan fingerprint density at radius 3 is 2.72 bits per heavy atom. The van der Waals surface area contributed by atoms with Crippen molar-refractivity contribution in [2.45, 2.75) is 19.8 Å². The van der Waals surface area contributed by atoms with Crippen molar-refractivity contribution in [1.29, 1.82) is 0 Å². The summed E-state index contributed by atoms with van der Waals surface area (Å²) in [6.45, 7) is 10.2. The molecule has 1 saturated heterocycles. The molecule has 0 saturated carbocycles. The van der Waals surface area contributed by atoms with E-state index in [1.54, 1.807) is 0 Å². The van der Waals surface area contributed by atoms with Crippen LogP contribution in [0.3, 0.4) is 0 Å². The number of benzene rings is 1. The van der Waals surface area contributed by atoms with E-state index in [0.29, 0.717) is 6.61 Å². The third kappa shape index (κ3) is 8.74. The second-order valence-electron chi connectivity index (χ2n) is 6.01. The summed E-state index contributed by atoms with van der Waals surface area (Å²) >= 11 is 0. The number of ether oxygens (including phenoxy) is 2. The maximum Gasteiger partial charge on any atom is 0.191 e. The van der Waals surface area contributed by atoms with Gasteiger partial charge in [-0.1, -0.05) is 18.2 Å². The van der Waals surface area contributed by atoms with Gasteiger partial charge in [0.2, 0.25) is 0 Å². The maximum absolute atomic E-state index is 5.68. The number of morpholine rings is 1. The number of unbranched alkanes of at least 4 members (excludes halogenated alkanes) is 1. The van der Waals surface area contributed by atoms with Crippen LogP contribution in [0.1, 0.15) is 19.8 Å². The molecular weight excluding hydrogens is 316 g/mol. The monoisotopic (exact) mass is 348 g/mol. The highest BCUT2D eigenvalue weighted by atomic mass is 16.5. The first-order valence-electron chi connectivity index (χ1n) is 9.38. The Kier molecular flexibility index (Phi) is 9.81. The van der Waals surface area contributed by atoms with E-state index < -0.39 is 0 Å². The molecular formula is C19H32N4O2. The molecule has 0 unspecified atom stereocenters. The average Bonchev–Trinajstić information content (AvgIpc) is 2.66. The lowest BCUT2D eigenvalue weighted by Crippen LogP contribution is -2.39. The van der Waals surface area contributed by atoms with Gasteiger partial charge in [0.05, 0.1) is 19.8 Å². The number of aliphatic imine (C=N–C) groups is 1. The van der Waals surface area contributed by atoms with Gasteiger partial charge < -0.3 is 20.1 Å². The molecule has 0 radical (unpaired) electrons. The average molecular weight is 348 g/mol. The number of para-hydroxylation sites is 1. The quantitative estimate of drug-likeness (QED) is 0.383. The van der Waals surface area contributed by atoms with Crippen LogP contribution in [0.4, 0.5) is 0 Å². The molecule has 0 aromatic heterocycles. The predicted molar refractivity (Wildman–Crippen MR) is 102 cm³/mol. The van der Waals surface area contributed by atoms with Crippen molar-refractivity contribution in [3.05, 3.63) is 30.3 Å². The van der Waals surface area contributed by atoms with E-state index in [9.17, 15) is 0 Å².